The summed E-state index contributed by atoms with van der Waals surface area (Å²) in [7, 11) is 0. The van der Waals surface area contributed by atoms with Crippen molar-refractivity contribution >= 4 is 17.6 Å². The highest BCUT2D eigenvalue weighted by atomic mass is 19.4. The molecule has 8 nitrogen and oxygen atoms in total. The maximum Gasteiger partial charge on any atom is 0.490 e. The standard InChI is InChI=1S/C20H23N3O3.C2HF3O2/c1-12-17(18(19(24)25)26-20(3,4)5)13(2)23-16(21-12)11-15(22-23)14-9-7-6-8-10-14;3-2(4,5)1(6)7/h6-11,18H,1-5H3,(H,24,25);(H,6,7). The summed E-state index contributed by atoms with van der Waals surface area (Å²) in [6.07, 6.45) is -6.18. The summed E-state index contributed by atoms with van der Waals surface area (Å²) in [5, 5.41) is 21.5. The predicted octanol–water partition coefficient (Wildman–Crippen LogP) is 4.59. The smallest absolute Gasteiger partial charge is 0.479 e. The minimum atomic E-state index is -5.08. The summed E-state index contributed by atoms with van der Waals surface area (Å²) in [6, 6.07) is 11.7. The predicted molar refractivity (Wildman–Crippen MR) is 113 cm³/mol. The third-order valence-corrected chi connectivity index (χ3v) is 4.34. The van der Waals surface area contributed by atoms with E-state index in [0.717, 1.165) is 11.3 Å². The van der Waals surface area contributed by atoms with Crippen LogP contribution in [0.15, 0.2) is 36.4 Å². The van der Waals surface area contributed by atoms with Crippen LogP contribution in [0.4, 0.5) is 13.2 Å². The average molecular weight is 467 g/mol. The fourth-order valence-electron chi connectivity index (χ4n) is 3.02. The number of hydrogen-bond donors (Lipinski definition) is 2. The van der Waals surface area contributed by atoms with E-state index < -0.39 is 29.8 Å². The van der Waals surface area contributed by atoms with E-state index in [4.69, 9.17) is 14.6 Å². The summed E-state index contributed by atoms with van der Waals surface area (Å²) >= 11 is 0. The summed E-state index contributed by atoms with van der Waals surface area (Å²) < 4.78 is 39.2. The zero-order chi connectivity index (χ0) is 25.1. The first-order valence-electron chi connectivity index (χ1n) is 9.75. The number of nitrogens with zero attached hydrogens (tertiary/aromatic N) is 3. The molecule has 0 aliphatic rings. The van der Waals surface area contributed by atoms with Crippen LogP contribution >= 0.6 is 0 Å². The van der Waals surface area contributed by atoms with Crippen molar-refractivity contribution in [1.82, 2.24) is 14.6 Å². The van der Waals surface area contributed by atoms with E-state index in [1.807, 2.05) is 64.1 Å². The normalized spacial score (nSPS) is 12.7. The molecule has 2 N–H and O–H groups in total. The number of aliphatic carboxylic acids is 2. The van der Waals surface area contributed by atoms with Gasteiger partial charge in [-0.25, -0.2) is 19.1 Å². The van der Waals surface area contributed by atoms with Gasteiger partial charge in [0.1, 0.15) is 0 Å². The van der Waals surface area contributed by atoms with E-state index >= 15 is 0 Å². The molecule has 0 spiro atoms. The Balaban J connectivity index is 0.000000479. The van der Waals surface area contributed by atoms with Crippen LogP contribution in [0.2, 0.25) is 0 Å². The van der Waals surface area contributed by atoms with Gasteiger partial charge < -0.3 is 14.9 Å². The lowest BCUT2D eigenvalue weighted by Gasteiger charge is -2.26. The fourth-order valence-corrected chi connectivity index (χ4v) is 3.02. The lowest BCUT2D eigenvalue weighted by Crippen LogP contribution is -2.29. The monoisotopic (exact) mass is 467 g/mol. The minimum Gasteiger partial charge on any atom is -0.479 e. The number of carboxylic acid groups (broad SMARTS) is 2. The van der Waals surface area contributed by atoms with E-state index in [0.29, 0.717) is 22.6 Å². The van der Waals surface area contributed by atoms with Crippen LogP contribution in [0, 0.1) is 13.8 Å². The largest absolute Gasteiger partial charge is 0.490 e. The fraction of sp³-hybridized carbons (Fsp3) is 0.364. The molecule has 1 aromatic carbocycles. The summed E-state index contributed by atoms with van der Waals surface area (Å²) in [4.78, 5) is 25.3. The number of aryl methyl sites for hydroxylation is 2. The summed E-state index contributed by atoms with van der Waals surface area (Å²) in [6.45, 7) is 9.16. The second-order valence-electron chi connectivity index (χ2n) is 8.11. The van der Waals surface area contributed by atoms with Gasteiger partial charge in [0.15, 0.2) is 11.8 Å². The number of hydrogen-bond acceptors (Lipinski definition) is 5. The van der Waals surface area contributed by atoms with Gasteiger partial charge in [-0.15, -0.1) is 0 Å². The molecule has 0 aliphatic carbocycles. The van der Waals surface area contributed by atoms with E-state index in [-0.39, 0.29) is 0 Å². The molecule has 0 fully saturated rings. The minimum absolute atomic E-state index is 0.544. The second-order valence-corrected chi connectivity index (χ2v) is 8.11. The Morgan fingerprint density at radius 1 is 1.06 bits per heavy atom. The number of benzene rings is 1. The van der Waals surface area contributed by atoms with E-state index in [1.165, 1.54) is 0 Å². The molecular formula is C22H24F3N3O5. The first kappa shape index (κ1) is 25.8. The summed E-state index contributed by atoms with van der Waals surface area (Å²) in [5.41, 5.74) is 3.75. The van der Waals surface area contributed by atoms with Crippen molar-refractivity contribution in [2.45, 2.75) is 52.5 Å². The van der Waals surface area contributed by atoms with Crippen molar-refractivity contribution in [1.29, 1.82) is 0 Å². The number of halogens is 3. The van der Waals surface area contributed by atoms with Gasteiger partial charge in [-0.05, 0) is 34.6 Å². The van der Waals surface area contributed by atoms with Gasteiger partial charge in [0, 0.05) is 28.6 Å². The molecular weight excluding hydrogens is 443 g/mol. The van der Waals surface area contributed by atoms with Gasteiger partial charge in [-0.2, -0.15) is 18.3 Å². The van der Waals surface area contributed by atoms with Crippen LogP contribution in [-0.4, -0.2) is 48.5 Å². The molecule has 2 aromatic heterocycles. The topological polar surface area (TPSA) is 114 Å². The highest BCUT2D eigenvalue weighted by molar-refractivity contribution is 5.76. The van der Waals surface area contributed by atoms with Gasteiger partial charge in [-0.3, -0.25) is 0 Å². The van der Waals surface area contributed by atoms with E-state index in [9.17, 15) is 23.1 Å². The van der Waals surface area contributed by atoms with Crippen molar-refractivity contribution in [2.24, 2.45) is 0 Å². The third-order valence-electron chi connectivity index (χ3n) is 4.34. The molecule has 11 heteroatoms. The maximum absolute atomic E-state index is 11.9. The Morgan fingerprint density at radius 3 is 2.06 bits per heavy atom. The third kappa shape index (κ3) is 6.51. The van der Waals surface area contributed by atoms with Crippen molar-refractivity contribution in [3.05, 3.63) is 53.3 Å². The van der Waals surface area contributed by atoms with Gasteiger partial charge in [-0.1, -0.05) is 30.3 Å². The lowest BCUT2D eigenvalue weighted by molar-refractivity contribution is -0.192. The first-order valence-corrected chi connectivity index (χ1v) is 9.75. The molecule has 3 rings (SSSR count). The zero-order valence-corrected chi connectivity index (χ0v) is 18.6. The molecule has 0 saturated heterocycles. The van der Waals surface area contributed by atoms with Crippen molar-refractivity contribution in [2.75, 3.05) is 0 Å². The number of carboxylic acids is 2. The number of aromatic nitrogens is 3. The van der Waals surface area contributed by atoms with Crippen molar-refractivity contribution in [3.63, 3.8) is 0 Å². The molecule has 0 aliphatic heterocycles. The van der Waals surface area contributed by atoms with Gasteiger partial charge in [0.25, 0.3) is 0 Å². The molecule has 0 amide bonds. The molecule has 0 saturated carbocycles. The van der Waals surface area contributed by atoms with Crippen LogP contribution in [0.25, 0.3) is 16.9 Å². The summed E-state index contributed by atoms with van der Waals surface area (Å²) in [5.74, 6) is -3.80. The Hall–Kier alpha value is -3.47. The Bertz CT molecular complexity index is 1150. The van der Waals surface area contributed by atoms with E-state index in [1.54, 1.807) is 11.4 Å². The lowest BCUT2D eigenvalue weighted by atomic mass is 10.0. The van der Waals surface area contributed by atoms with Crippen LogP contribution in [0.3, 0.4) is 0 Å². The Labute approximate surface area is 187 Å². The van der Waals surface area contributed by atoms with Crippen LogP contribution in [-0.2, 0) is 14.3 Å². The maximum atomic E-state index is 11.9. The second kappa shape index (κ2) is 9.57. The zero-order valence-electron chi connectivity index (χ0n) is 18.6. The van der Waals surface area contributed by atoms with Gasteiger partial charge >= 0.3 is 18.1 Å². The SMILES string of the molecule is Cc1nc2cc(-c3ccccc3)nn2c(C)c1C(OC(C)(C)C)C(=O)O.O=C(O)C(F)(F)F. The quantitative estimate of drug-likeness (QED) is 0.577. The first-order chi connectivity index (χ1) is 15.1. The number of alkyl halides is 3. The van der Waals surface area contributed by atoms with Crippen molar-refractivity contribution in [3.8, 4) is 11.3 Å². The number of fused-ring (bicyclic) bond motifs is 1. The molecule has 0 bridgehead atoms. The number of rotatable bonds is 4. The van der Waals surface area contributed by atoms with E-state index in [2.05, 4.69) is 10.1 Å². The molecule has 2 heterocycles. The molecule has 3 aromatic rings. The number of ether oxygens (including phenoxy) is 1. The molecule has 33 heavy (non-hydrogen) atoms. The molecule has 178 valence electrons. The average Bonchev–Trinajstić information content (AvgIpc) is 3.11. The Morgan fingerprint density at radius 2 is 1.61 bits per heavy atom. The van der Waals surface area contributed by atoms with Crippen LogP contribution < -0.4 is 0 Å². The van der Waals surface area contributed by atoms with Crippen molar-refractivity contribution < 1.29 is 37.7 Å². The van der Waals surface area contributed by atoms with Crippen LogP contribution in [0.1, 0.15) is 43.8 Å². The number of carbonyl (C=O) groups is 2. The molecule has 1 atom stereocenters. The van der Waals surface area contributed by atoms with Gasteiger partial charge in [0.05, 0.1) is 11.3 Å². The highest BCUT2D eigenvalue weighted by Crippen LogP contribution is 2.30. The Kier molecular flexibility index (Phi) is 7.48. The highest BCUT2D eigenvalue weighted by Gasteiger charge is 2.38. The van der Waals surface area contributed by atoms with Gasteiger partial charge in [0.2, 0.25) is 0 Å². The molecule has 0 radical (unpaired) electrons. The molecule has 1 unspecified atom stereocenters. The van der Waals surface area contributed by atoms with Crippen LogP contribution in [0.5, 0.6) is 0 Å².